The molecular weight excluding hydrogens is 196 g/mol. The fraction of sp³-hybridized carbons (Fsp3) is 1.00. The molecule has 0 amide bonds. The lowest BCUT2D eigenvalue weighted by molar-refractivity contribution is 0.187. The average Bonchev–Trinajstić information content (AvgIpc) is 2.35. The van der Waals surface area contributed by atoms with E-state index in [-0.39, 0.29) is 0 Å². The molecule has 0 unspecified atom stereocenters. The van der Waals surface area contributed by atoms with Gasteiger partial charge in [-0.05, 0) is 51.7 Å². The molecule has 0 spiro atoms. The third-order valence-corrected chi connectivity index (χ3v) is 3.87. The Morgan fingerprint density at radius 1 is 1.12 bits per heavy atom. The van der Waals surface area contributed by atoms with Gasteiger partial charge in [-0.25, -0.2) is 0 Å². The van der Waals surface area contributed by atoms with E-state index in [0.29, 0.717) is 0 Å². The summed E-state index contributed by atoms with van der Waals surface area (Å²) < 4.78 is 0. The van der Waals surface area contributed by atoms with Gasteiger partial charge in [-0.2, -0.15) is 0 Å². The van der Waals surface area contributed by atoms with Crippen molar-refractivity contribution in [2.75, 3.05) is 19.6 Å². The second-order valence-electron chi connectivity index (χ2n) is 5.15. The molecule has 1 N–H and O–H groups in total. The highest BCUT2D eigenvalue weighted by Gasteiger charge is 2.19. The molecule has 96 valence electrons. The van der Waals surface area contributed by atoms with Gasteiger partial charge in [0.05, 0.1) is 0 Å². The van der Waals surface area contributed by atoms with Crippen LogP contribution in [-0.4, -0.2) is 36.6 Å². The minimum absolute atomic E-state index is 0.743. The third kappa shape index (κ3) is 4.84. The fourth-order valence-corrected chi connectivity index (χ4v) is 2.56. The Morgan fingerprint density at radius 3 is 2.25 bits per heavy atom. The number of piperidine rings is 1. The Kier molecular flexibility index (Phi) is 7.06. The molecule has 0 aliphatic carbocycles. The first-order valence-electron chi connectivity index (χ1n) is 7.28. The molecule has 1 heterocycles. The Bertz CT molecular complexity index is 158. The highest BCUT2D eigenvalue weighted by molar-refractivity contribution is 4.79. The van der Waals surface area contributed by atoms with Gasteiger partial charge >= 0.3 is 0 Å². The van der Waals surface area contributed by atoms with Gasteiger partial charge in [0.25, 0.3) is 0 Å². The van der Waals surface area contributed by atoms with Crippen molar-refractivity contribution in [3.8, 4) is 0 Å². The van der Waals surface area contributed by atoms with E-state index >= 15 is 0 Å². The minimum Gasteiger partial charge on any atom is -0.311 e. The van der Waals surface area contributed by atoms with E-state index in [1.165, 1.54) is 58.2 Å². The molecule has 0 saturated carbocycles. The summed E-state index contributed by atoms with van der Waals surface area (Å²) in [4.78, 5) is 2.63. The average molecular weight is 226 g/mol. The van der Waals surface area contributed by atoms with Crippen LogP contribution in [0.2, 0.25) is 0 Å². The normalized spacial score (nSPS) is 19.5. The van der Waals surface area contributed by atoms with Crippen molar-refractivity contribution in [2.24, 2.45) is 0 Å². The number of hydrogen-bond donors (Lipinski definition) is 1. The van der Waals surface area contributed by atoms with Gasteiger partial charge < -0.3 is 10.2 Å². The Balaban J connectivity index is 2.16. The summed E-state index contributed by atoms with van der Waals surface area (Å²) in [6, 6.07) is 1.52. The van der Waals surface area contributed by atoms with E-state index in [4.69, 9.17) is 0 Å². The lowest BCUT2D eigenvalue weighted by Crippen LogP contribution is -2.46. The van der Waals surface area contributed by atoms with Crippen molar-refractivity contribution in [3.05, 3.63) is 0 Å². The van der Waals surface area contributed by atoms with Crippen LogP contribution in [0, 0.1) is 0 Å². The van der Waals surface area contributed by atoms with E-state index in [2.05, 4.69) is 31.0 Å². The summed E-state index contributed by atoms with van der Waals surface area (Å²) in [5.41, 5.74) is 0. The van der Waals surface area contributed by atoms with Gasteiger partial charge in [-0.1, -0.05) is 27.2 Å². The van der Waals surface area contributed by atoms with Gasteiger partial charge in [0.15, 0.2) is 0 Å². The van der Waals surface area contributed by atoms with E-state index in [0.717, 1.165) is 12.1 Å². The van der Waals surface area contributed by atoms with Gasteiger partial charge in [0.1, 0.15) is 0 Å². The number of nitrogens with zero attached hydrogens (tertiary/aromatic N) is 1. The summed E-state index contributed by atoms with van der Waals surface area (Å²) in [5, 5.41) is 3.81. The Labute approximate surface area is 102 Å². The van der Waals surface area contributed by atoms with Crippen molar-refractivity contribution < 1.29 is 0 Å². The van der Waals surface area contributed by atoms with Crippen LogP contribution in [0.4, 0.5) is 0 Å². The van der Waals surface area contributed by atoms with Gasteiger partial charge in [0.2, 0.25) is 0 Å². The zero-order valence-electron chi connectivity index (χ0n) is 11.5. The predicted octanol–water partition coefficient (Wildman–Crippen LogP) is 3.03. The topological polar surface area (TPSA) is 15.3 Å². The van der Waals surface area contributed by atoms with E-state index in [1.807, 2.05) is 0 Å². The van der Waals surface area contributed by atoms with E-state index < -0.39 is 0 Å². The molecule has 0 atom stereocenters. The molecule has 2 nitrogen and oxygen atoms in total. The minimum atomic E-state index is 0.743. The van der Waals surface area contributed by atoms with Crippen molar-refractivity contribution in [1.29, 1.82) is 0 Å². The third-order valence-electron chi connectivity index (χ3n) is 3.87. The fourth-order valence-electron chi connectivity index (χ4n) is 2.56. The van der Waals surface area contributed by atoms with E-state index in [9.17, 15) is 0 Å². The smallest absolute Gasteiger partial charge is 0.00939 e. The van der Waals surface area contributed by atoms with Gasteiger partial charge in [-0.15, -0.1) is 0 Å². The van der Waals surface area contributed by atoms with Crippen molar-refractivity contribution in [3.63, 3.8) is 0 Å². The Morgan fingerprint density at radius 2 is 1.75 bits per heavy atom. The molecule has 1 aliphatic rings. The molecule has 0 aromatic heterocycles. The van der Waals surface area contributed by atoms with Crippen LogP contribution in [0.25, 0.3) is 0 Å². The molecule has 1 fully saturated rings. The molecular formula is C14H30N2. The van der Waals surface area contributed by atoms with Crippen LogP contribution in [-0.2, 0) is 0 Å². The standard InChI is InChI=1S/C14H30N2/c1-4-7-10-16-11-8-14(9-12-16)15-13(5-2)6-3/h13-15H,4-12H2,1-3H3. The SMILES string of the molecule is CCCCN1CCC(NC(CC)CC)CC1. The summed E-state index contributed by atoms with van der Waals surface area (Å²) in [5.74, 6) is 0. The zero-order valence-corrected chi connectivity index (χ0v) is 11.5. The number of unbranched alkanes of at least 4 members (excludes halogenated alkanes) is 1. The van der Waals surface area contributed by atoms with Gasteiger partial charge in [0, 0.05) is 12.1 Å². The van der Waals surface area contributed by atoms with Crippen LogP contribution >= 0.6 is 0 Å². The molecule has 1 rings (SSSR count). The monoisotopic (exact) mass is 226 g/mol. The molecule has 0 bridgehead atoms. The van der Waals surface area contributed by atoms with Crippen LogP contribution in [0.5, 0.6) is 0 Å². The second-order valence-corrected chi connectivity index (χ2v) is 5.15. The lowest BCUT2D eigenvalue weighted by atomic mass is 10.0. The van der Waals surface area contributed by atoms with Crippen molar-refractivity contribution in [1.82, 2.24) is 10.2 Å². The van der Waals surface area contributed by atoms with Crippen molar-refractivity contribution >= 4 is 0 Å². The second kappa shape index (κ2) is 8.08. The maximum atomic E-state index is 3.81. The maximum Gasteiger partial charge on any atom is 0.00939 e. The molecule has 0 aromatic rings. The summed E-state index contributed by atoms with van der Waals surface area (Å²) in [7, 11) is 0. The number of nitrogens with one attached hydrogen (secondary N) is 1. The van der Waals surface area contributed by atoms with Crippen LogP contribution in [0.15, 0.2) is 0 Å². The maximum absolute atomic E-state index is 3.81. The number of likely N-dealkylation sites (tertiary alicyclic amines) is 1. The predicted molar refractivity (Wildman–Crippen MR) is 71.9 cm³/mol. The van der Waals surface area contributed by atoms with Gasteiger partial charge in [-0.3, -0.25) is 0 Å². The first-order valence-corrected chi connectivity index (χ1v) is 7.28. The molecule has 1 aliphatic heterocycles. The first kappa shape index (κ1) is 14.0. The highest BCUT2D eigenvalue weighted by atomic mass is 15.1. The van der Waals surface area contributed by atoms with Crippen LogP contribution in [0.1, 0.15) is 59.3 Å². The first-order chi connectivity index (χ1) is 7.80. The Hall–Kier alpha value is -0.0800. The lowest BCUT2D eigenvalue weighted by Gasteiger charge is -2.34. The zero-order chi connectivity index (χ0) is 11.8. The van der Waals surface area contributed by atoms with Crippen molar-refractivity contribution in [2.45, 2.75) is 71.4 Å². The number of rotatable bonds is 7. The van der Waals surface area contributed by atoms with Crippen LogP contribution in [0.3, 0.4) is 0 Å². The quantitative estimate of drug-likeness (QED) is 0.718. The number of hydrogen-bond acceptors (Lipinski definition) is 2. The molecule has 2 heteroatoms. The van der Waals surface area contributed by atoms with E-state index in [1.54, 1.807) is 0 Å². The summed E-state index contributed by atoms with van der Waals surface area (Å²) in [6.45, 7) is 10.8. The highest BCUT2D eigenvalue weighted by Crippen LogP contribution is 2.13. The molecule has 0 radical (unpaired) electrons. The van der Waals surface area contributed by atoms with Crippen LogP contribution < -0.4 is 5.32 Å². The molecule has 1 saturated heterocycles. The summed E-state index contributed by atoms with van der Waals surface area (Å²) in [6.07, 6.45) is 7.93. The molecule has 0 aromatic carbocycles. The largest absolute Gasteiger partial charge is 0.311 e. The molecule has 16 heavy (non-hydrogen) atoms. The summed E-state index contributed by atoms with van der Waals surface area (Å²) >= 11 is 0.